The fourth-order valence-electron chi connectivity index (χ4n) is 1.50. The number of nitrogens with zero attached hydrogens (tertiary/aromatic N) is 2. The molecule has 2 aromatic rings. The van der Waals surface area contributed by atoms with Crippen LogP contribution in [0.1, 0.15) is 10.4 Å². The van der Waals surface area contributed by atoms with Gasteiger partial charge in [0.15, 0.2) is 0 Å². The Morgan fingerprint density at radius 1 is 1.35 bits per heavy atom. The van der Waals surface area contributed by atoms with Crippen molar-refractivity contribution in [1.29, 1.82) is 0 Å². The molecule has 7 nitrogen and oxygen atoms in total. The van der Waals surface area contributed by atoms with E-state index in [2.05, 4.69) is 10.3 Å². The van der Waals surface area contributed by atoms with Crippen molar-refractivity contribution in [2.24, 2.45) is 0 Å². The number of halogens is 1. The number of nitro groups is 1. The van der Waals surface area contributed by atoms with Crippen LogP contribution in [0.3, 0.4) is 0 Å². The molecular weight excluding hydrogens is 267 g/mol. The van der Waals surface area contributed by atoms with Crippen molar-refractivity contribution in [3.05, 3.63) is 58.0 Å². The van der Waals surface area contributed by atoms with E-state index in [9.17, 15) is 19.3 Å². The maximum atomic E-state index is 13.0. The van der Waals surface area contributed by atoms with Crippen molar-refractivity contribution in [2.45, 2.75) is 0 Å². The number of nitrogens with two attached hydrogens (primary N) is 1. The molecule has 0 aliphatic carbocycles. The van der Waals surface area contributed by atoms with Crippen molar-refractivity contribution >= 4 is 23.1 Å². The van der Waals surface area contributed by atoms with Gasteiger partial charge in [-0.05, 0) is 18.2 Å². The number of amides is 1. The topological polar surface area (TPSA) is 111 Å². The highest BCUT2D eigenvalue weighted by Crippen LogP contribution is 2.17. The summed E-state index contributed by atoms with van der Waals surface area (Å²) in [6.07, 6.45) is 0.901. The molecule has 0 saturated heterocycles. The maximum Gasteiger partial charge on any atom is 0.269 e. The van der Waals surface area contributed by atoms with Gasteiger partial charge in [-0.15, -0.1) is 0 Å². The number of carbonyl (C=O) groups excluding carboxylic acids is 1. The SMILES string of the molecule is Nc1ncc(F)cc1C(=O)Nc1ccc([N+](=O)[O-])cc1. The number of nitrogen functional groups attached to an aromatic ring is 1. The van der Waals surface area contributed by atoms with Gasteiger partial charge in [-0.2, -0.15) is 0 Å². The van der Waals surface area contributed by atoms with Crippen molar-refractivity contribution in [2.75, 3.05) is 11.1 Å². The molecule has 0 saturated carbocycles. The Bertz CT molecular complexity index is 673. The molecule has 8 heteroatoms. The van der Waals surface area contributed by atoms with Crippen LogP contribution in [0.5, 0.6) is 0 Å². The van der Waals surface area contributed by atoms with Crippen LogP contribution in [-0.4, -0.2) is 15.8 Å². The van der Waals surface area contributed by atoms with Gasteiger partial charge in [0, 0.05) is 17.8 Å². The molecule has 20 heavy (non-hydrogen) atoms. The van der Waals surface area contributed by atoms with Gasteiger partial charge in [-0.25, -0.2) is 9.37 Å². The highest BCUT2D eigenvalue weighted by molar-refractivity contribution is 6.07. The molecule has 3 N–H and O–H groups in total. The second-order valence-corrected chi connectivity index (χ2v) is 3.84. The monoisotopic (exact) mass is 276 g/mol. The summed E-state index contributed by atoms with van der Waals surface area (Å²) in [7, 11) is 0. The number of nitro benzene ring substituents is 1. The lowest BCUT2D eigenvalue weighted by Gasteiger charge is -2.06. The Morgan fingerprint density at radius 2 is 2.00 bits per heavy atom. The molecule has 0 unspecified atom stereocenters. The normalized spacial score (nSPS) is 10.1. The lowest BCUT2D eigenvalue weighted by Crippen LogP contribution is -2.15. The lowest BCUT2D eigenvalue weighted by atomic mass is 10.2. The molecular formula is C12H9FN4O3. The average molecular weight is 276 g/mol. The molecule has 0 fully saturated rings. The van der Waals surface area contributed by atoms with Crippen LogP contribution >= 0.6 is 0 Å². The van der Waals surface area contributed by atoms with Crippen LogP contribution in [0.2, 0.25) is 0 Å². The van der Waals surface area contributed by atoms with Crippen molar-refractivity contribution in [3.63, 3.8) is 0 Å². The molecule has 102 valence electrons. The van der Waals surface area contributed by atoms with Crippen LogP contribution < -0.4 is 11.1 Å². The summed E-state index contributed by atoms with van der Waals surface area (Å²) in [6.45, 7) is 0. The first kappa shape index (κ1) is 13.4. The predicted molar refractivity (Wildman–Crippen MR) is 69.7 cm³/mol. The minimum Gasteiger partial charge on any atom is -0.383 e. The summed E-state index contributed by atoms with van der Waals surface area (Å²) in [5, 5.41) is 12.9. The quantitative estimate of drug-likeness (QED) is 0.657. The zero-order chi connectivity index (χ0) is 14.7. The first-order valence-corrected chi connectivity index (χ1v) is 5.44. The number of hydrogen-bond donors (Lipinski definition) is 2. The molecule has 0 aliphatic heterocycles. The van der Waals surface area contributed by atoms with E-state index in [1.807, 2.05) is 0 Å². The Balaban J connectivity index is 2.19. The Hall–Kier alpha value is -3.03. The number of hydrogen-bond acceptors (Lipinski definition) is 5. The Morgan fingerprint density at radius 3 is 2.60 bits per heavy atom. The van der Waals surface area contributed by atoms with E-state index in [4.69, 9.17) is 5.73 Å². The lowest BCUT2D eigenvalue weighted by molar-refractivity contribution is -0.384. The first-order chi connectivity index (χ1) is 9.47. The summed E-state index contributed by atoms with van der Waals surface area (Å²) in [5.74, 6) is -1.44. The maximum absolute atomic E-state index is 13.0. The molecule has 0 bridgehead atoms. The zero-order valence-corrected chi connectivity index (χ0v) is 10.0. The number of pyridine rings is 1. The third kappa shape index (κ3) is 2.86. The zero-order valence-electron chi connectivity index (χ0n) is 10.0. The van der Waals surface area contributed by atoms with Gasteiger partial charge in [0.1, 0.15) is 11.6 Å². The fraction of sp³-hybridized carbons (Fsp3) is 0. The van der Waals surface area contributed by atoms with Gasteiger partial charge >= 0.3 is 0 Å². The van der Waals surface area contributed by atoms with Gasteiger partial charge in [-0.3, -0.25) is 14.9 Å². The van der Waals surface area contributed by atoms with E-state index < -0.39 is 16.6 Å². The summed E-state index contributed by atoms with van der Waals surface area (Å²) in [4.78, 5) is 25.3. The van der Waals surface area contributed by atoms with Crippen LogP contribution in [-0.2, 0) is 0 Å². The molecule has 1 heterocycles. The second kappa shape index (κ2) is 5.31. The molecule has 0 radical (unpaired) electrons. The second-order valence-electron chi connectivity index (χ2n) is 3.84. The average Bonchev–Trinajstić information content (AvgIpc) is 2.42. The predicted octanol–water partition coefficient (Wildman–Crippen LogP) is 1.96. The third-order valence-electron chi connectivity index (χ3n) is 2.47. The van der Waals surface area contributed by atoms with Crippen molar-refractivity contribution in [1.82, 2.24) is 4.98 Å². The number of carbonyl (C=O) groups is 1. The van der Waals surface area contributed by atoms with Gasteiger partial charge in [0.25, 0.3) is 11.6 Å². The highest BCUT2D eigenvalue weighted by Gasteiger charge is 2.13. The van der Waals surface area contributed by atoms with Crippen molar-refractivity contribution in [3.8, 4) is 0 Å². The highest BCUT2D eigenvalue weighted by atomic mass is 19.1. The minimum atomic E-state index is -0.687. The van der Waals surface area contributed by atoms with E-state index in [1.54, 1.807) is 0 Å². The van der Waals surface area contributed by atoms with Gasteiger partial charge in [0.05, 0.1) is 16.7 Å². The van der Waals surface area contributed by atoms with E-state index in [-0.39, 0.29) is 17.1 Å². The van der Waals surface area contributed by atoms with Crippen LogP contribution in [0.4, 0.5) is 21.6 Å². The summed E-state index contributed by atoms with van der Waals surface area (Å²) >= 11 is 0. The molecule has 1 aromatic carbocycles. The Labute approximate surface area is 112 Å². The van der Waals surface area contributed by atoms with Gasteiger partial charge in [0.2, 0.25) is 0 Å². The Kier molecular flexibility index (Phi) is 3.56. The molecule has 0 aliphatic rings. The van der Waals surface area contributed by atoms with E-state index in [0.717, 1.165) is 12.3 Å². The third-order valence-corrected chi connectivity index (χ3v) is 2.47. The summed E-state index contributed by atoms with van der Waals surface area (Å²) in [6, 6.07) is 6.16. The number of anilines is 2. The summed E-state index contributed by atoms with van der Waals surface area (Å²) < 4.78 is 13.0. The molecule has 1 amide bonds. The van der Waals surface area contributed by atoms with E-state index in [0.29, 0.717) is 5.69 Å². The molecule has 0 spiro atoms. The largest absolute Gasteiger partial charge is 0.383 e. The van der Waals surface area contributed by atoms with Crippen molar-refractivity contribution < 1.29 is 14.1 Å². The first-order valence-electron chi connectivity index (χ1n) is 5.44. The number of non-ortho nitro benzene ring substituents is 1. The molecule has 0 atom stereocenters. The minimum absolute atomic E-state index is 0.102. The van der Waals surface area contributed by atoms with Crippen LogP contribution in [0, 0.1) is 15.9 Å². The standard InChI is InChI=1S/C12H9FN4O3/c13-7-5-10(11(14)15-6-7)12(18)16-8-1-3-9(4-2-8)17(19)20/h1-6H,(H2,14,15)(H,16,18). The van der Waals surface area contributed by atoms with Gasteiger partial charge < -0.3 is 11.1 Å². The van der Waals surface area contributed by atoms with E-state index >= 15 is 0 Å². The van der Waals surface area contributed by atoms with Gasteiger partial charge in [-0.1, -0.05) is 0 Å². The fourth-order valence-corrected chi connectivity index (χ4v) is 1.50. The number of aromatic nitrogens is 1. The molecule has 2 rings (SSSR count). The number of benzene rings is 1. The molecule has 1 aromatic heterocycles. The van der Waals surface area contributed by atoms with E-state index in [1.165, 1.54) is 24.3 Å². The van der Waals surface area contributed by atoms with Crippen LogP contribution in [0.15, 0.2) is 36.5 Å². The number of rotatable bonds is 3. The van der Waals surface area contributed by atoms with Crippen LogP contribution in [0.25, 0.3) is 0 Å². The summed E-state index contributed by atoms with van der Waals surface area (Å²) in [5.41, 5.74) is 5.59. The number of nitrogens with one attached hydrogen (secondary N) is 1. The smallest absolute Gasteiger partial charge is 0.269 e.